The fraction of sp³-hybridized carbons (Fsp3) is 0.450. The number of fused-ring (bicyclic) bond motifs is 1. The van der Waals surface area contributed by atoms with Crippen LogP contribution in [0.15, 0.2) is 42.5 Å². The molecule has 0 aromatic heterocycles. The second-order valence-corrected chi connectivity index (χ2v) is 6.34. The molecule has 110 valence electrons. The third-order valence-electron chi connectivity index (χ3n) is 5.09. The van der Waals surface area contributed by atoms with Crippen LogP contribution in [0.25, 0.3) is 10.8 Å². The SMILES string of the molecule is CCC1CCCCC1C(=O)Cc1cccc2ccccc12. The van der Waals surface area contributed by atoms with E-state index in [-0.39, 0.29) is 0 Å². The van der Waals surface area contributed by atoms with E-state index < -0.39 is 0 Å². The predicted molar refractivity (Wildman–Crippen MR) is 88.4 cm³/mol. The van der Waals surface area contributed by atoms with Crippen molar-refractivity contribution in [2.24, 2.45) is 11.8 Å². The lowest BCUT2D eigenvalue weighted by Crippen LogP contribution is -2.28. The van der Waals surface area contributed by atoms with Crippen LogP contribution in [-0.4, -0.2) is 5.78 Å². The first-order chi connectivity index (χ1) is 10.3. The van der Waals surface area contributed by atoms with Gasteiger partial charge in [0.05, 0.1) is 0 Å². The molecular weight excluding hydrogens is 256 g/mol. The third-order valence-corrected chi connectivity index (χ3v) is 5.09. The second kappa shape index (κ2) is 6.43. The number of rotatable bonds is 4. The lowest BCUT2D eigenvalue weighted by molar-refractivity contribution is -0.125. The van der Waals surface area contributed by atoms with Crippen molar-refractivity contribution in [1.82, 2.24) is 0 Å². The summed E-state index contributed by atoms with van der Waals surface area (Å²) in [5, 5.41) is 2.47. The van der Waals surface area contributed by atoms with E-state index in [1.165, 1.54) is 35.6 Å². The van der Waals surface area contributed by atoms with Crippen LogP contribution in [0.5, 0.6) is 0 Å². The molecule has 0 amide bonds. The zero-order valence-electron chi connectivity index (χ0n) is 12.8. The molecule has 2 aromatic rings. The average Bonchev–Trinajstić information content (AvgIpc) is 2.55. The molecule has 0 aliphatic heterocycles. The predicted octanol–water partition coefficient (Wildman–Crippen LogP) is 5.17. The van der Waals surface area contributed by atoms with Gasteiger partial charge >= 0.3 is 0 Å². The molecule has 3 rings (SSSR count). The Labute approximate surface area is 127 Å². The number of Topliss-reactive ketones (excluding diaryl/α,β-unsaturated/α-hetero) is 1. The van der Waals surface area contributed by atoms with Crippen molar-refractivity contribution in [2.75, 3.05) is 0 Å². The van der Waals surface area contributed by atoms with Crippen LogP contribution in [-0.2, 0) is 11.2 Å². The maximum absolute atomic E-state index is 12.8. The van der Waals surface area contributed by atoms with Crippen molar-refractivity contribution in [3.05, 3.63) is 48.0 Å². The molecule has 2 atom stereocenters. The van der Waals surface area contributed by atoms with Crippen molar-refractivity contribution in [1.29, 1.82) is 0 Å². The van der Waals surface area contributed by atoms with Crippen LogP contribution in [0.4, 0.5) is 0 Å². The van der Waals surface area contributed by atoms with E-state index in [0.717, 1.165) is 12.8 Å². The van der Waals surface area contributed by atoms with Crippen LogP contribution < -0.4 is 0 Å². The summed E-state index contributed by atoms with van der Waals surface area (Å²) in [4.78, 5) is 12.8. The first-order valence-corrected chi connectivity index (χ1v) is 8.29. The van der Waals surface area contributed by atoms with Gasteiger partial charge in [0.15, 0.2) is 0 Å². The van der Waals surface area contributed by atoms with Crippen LogP contribution >= 0.6 is 0 Å². The molecule has 0 radical (unpaired) electrons. The van der Waals surface area contributed by atoms with Gasteiger partial charge in [-0.25, -0.2) is 0 Å². The summed E-state index contributed by atoms with van der Waals surface area (Å²) in [5.74, 6) is 1.36. The van der Waals surface area contributed by atoms with Crippen LogP contribution in [0.3, 0.4) is 0 Å². The molecular formula is C20H24O. The number of benzene rings is 2. The number of hydrogen-bond donors (Lipinski definition) is 0. The fourth-order valence-corrected chi connectivity index (χ4v) is 3.89. The van der Waals surface area contributed by atoms with Crippen LogP contribution in [0.2, 0.25) is 0 Å². The molecule has 0 saturated heterocycles. The minimum absolute atomic E-state index is 0.294. The number of carbonyl (C=O) groups is 1. The van der Waals surface area contributed by atoms with Crippen LogP contribution in [0, 0.1) is 11.8 Å². The highest BCUT2D eigenvalue weighted by Gasteiger charge is 2.29. The van der Waals surface area contributed by atoms with Gasteiger partial charge in [-0.15, -0.1) is 0 Å². The van der Waals surface area contributed by atoms with Gasteiger partial charge in [0.1, 0.15) is 5.78 Å². The Kier molecular flexibility index (Phi) is 4.38. The van der Waals surface area contributed by atoms with Crippen molar-refractivity contribution in [3.8, 4) is 0 Å². The molecule has 0 N–H and O–H groups in total. The minimum atomic E-state index is 0.294. The standard InChI is InChI=1S/C20H24O/c1-2-15-8-3-6-13-19(15)20(21)14-17-11-7-10-16-9-4-5-12-18(16)17/h4-5,7,9-12,15,19H,2-3,6,8,13-14H2,1H3. The monoisotopic (exact) mass is 280 g/mol. The van der Waals surface area contributed by atoms with Gasteiger partial charge in [-0.1, -0.05) is 68.7 Å². The van der Waals surface area contributed by atoms with Gasteiger partial charge in [0, 0.05) is 12.3 Å². The van der Waals surface area contributed by atoms with E-state index in [1.807, 2.05) is 0 Å². The van der Waals surface area contributed by atoms with Gasteiger partial charge in [-0.2, -0.15) is 0 Å². The van der Waals surface area contributed by atoms with E-state index in [4.69, 9.17) is 0 Å². The zero-order valence-corrected chi connectivity index (χ0v) is 12.8. The first-order valence-electron chi connectivity index (χ1n) is 8.29. The maximum atomic E-state index is 12.8. The smallest absolute Gasteiger partial charge is 0.140 e. The molecule has 2 unspecified atom stereocenters. The molecule has 1 heteroatoms. The van der Waals surface area contributed by atoms with Gasteiger partial charge in [0.2, 0.25) is 0 Å². The summed E-state index contributed by atoms with van der Waals surface area (Å²) in [7, 11) is 0. The second-order valence-electron chi connectivity index (χ2n) is 6.34. The van der Waals surface area contributed by atoms with Gasteiger partial charge < -0.3 is 0 Å². The largest absolute Gasteiger partial charge is 0.299 e. The Morgan fingerprint density at radius 3 is 2.67 bits per heavy atom. The van der Waals surface area contributed by atoms with Crippen LogP contribution in [0.1, 0.15) is 44.6 Å². The Balaban J connectivity index is 1.83. The van der Waals surface area contributed by atoms with Crippen molar-refractivity contribution in [2.45, 2.75) is 45.4 Å². The van der Waals surface area contributed by atoms with E-state index in [2.05, 4.69) is 49.4 Å². The highest BCUT2D eigenvalue weighted by atomic mass is 16.1. The lowest BCUT2D eigenvalue weighted by Gasteiger charge is -2.29. The minimum Gasteiger partial charge on any atom is -0.299 e. The van der Waals surface area contributed by atoms with E-state index in [0.29, 0.717) is 24.0 Å². The molecule has 1 aliphatic carbocycles. The van der Waals surface area contributed by atoms with E-state index in [9.17, 15) is 4.79 Å². The molecule has 0 spiro atoms. The summed E-state index contributed by atoms with van der Waals surface area (Å²) in [6, 6.07) is 14.7. The Morgan fingerprint density at radius 1 is 1.05 bits per heavy atom. The molecule has 0 bridgehead atoms. The quantitative estimate of drug-likeness (QED) is 0.755. The molecule has 2 aromatic carbocycles. The Bertz CT molecular complexity index is 623. The van der Waals surface area contributed by atoms with Crippen molar-refractivity contribution >= 4 is 16.6 Å². The summed E-state index contributed by atoms with van der Waals surface area (Å²) >= 11 is 0. The van der Waals surface area contributed by atoms with Gasteiger partial charge in [-0.3, -0.25) is 4.79 Å². The maximum Gasteiger partial charge on any atom is 0.140 e. The highest BCUT2D eigenvalue weighted by Crippen LogP contribution is 2.34. The molecule has 1 saturated carbocycles. The first kappa shape index (κ1) is 14.3. The molecule has 1 fully saturated rings. The fourth-order valence-electron chi connectivity index (χ4n) is 3.89. The highest BCUT2D eigenvalue weighted by molar-refractivity contribution is 5.91. The van der Waals surface area contributed by atoms with Crippen molar-refractivity contribution in [3.63, 3.8) is 0 Å². The molecule has 0 heterocycles. The molecule has 1 aliphatic rings. The average molecular weight is 280 g/mol. The normalized spacial score (nSPS) is 22.3. The number of ketones is 1. The number of hydrogen-bond acceptors (Lipinski definition) is 1. The van der Waals surface area contributed by atoms with Gasteiger partial charge in [-0.05, 0) is 35.1 Å². The Hall–Kier alpha value is -1.63. The summed E-state index contributed by atoms with van der Waals surface area (Å²) in [6.45, 7) is 2.23. The molecule has 1 nitrogen and oxygen atoms in total. The van der Waals surface area contributed by atoms with Crippen molar-refractivity contribution < 1.29 is 4.79 Å². The van der Waals surface area contributed by atoms with E-state index >= 15 is 0 Å². The summed E-state index contributed by atoms with van der Waals surface area (Å²) < 4.78 is 0. The molecule has 21 heavy (non-hydrogen) atoms. The number of carbonyl (C=O) groups excluding carboxylic acids is 1. The summed E-state index contributed by atoms with van der Waals surface area (Å²) in [6.07, 6.45) is 6.61. The summed E-state index contributed by atoms with van der Waals surface area (Å²) in [5.41, 5.74) is 1.19. The van der Waals surface area contributed by atoms with Gasteiger partial charge in [0.25, 0.3) is 0 Å². The lowest BCUT2D eigenvalue weighted by atomic mass is 9.74. The third kappa shape index (κ3) is 3.02. The van der Waals surface area contributed by atoms with E-state index in [1.54, 1.807) is 0 Å². The Morgan fingerprint density at radius 2 is 1.81 bits per heavy atom. The topological polar surface area (TPSA) is 17.1 Å². The zero-order chi connectivity index (χ0) is 14.7.